The summed E-state index contributed by atoms with van der Waals surface area (Å²) < 4.78 is 26.3. The summed E-state index contributed by atoms with van der Waals surface area (Å²) >= 11 is 0. The van der Waals surface area contributed by atoms with Crippen LogP contribution in [-0.4, -0.2) is 26.6 Å². The number of rotatable bonds is 6. The SMILES string of the molecule is Cc1cc(C)cc(N(C(C)C(=O)Nc2c(C)cccc2C(C)C)S(C)(=O)=O)c1. The van der Waals surface area contributed by atoms with Crippen LogP contribution in [-0.2, 0) is 14.8 Å². The van der Waals surface area contributed by atoms with Crippen molar-refractivity contribution in [1.82, 2.24) is 0 Å². The van der Waals surface area contributed by atoms with Gasteiger partial charge in [-0.15, -0.1) is 0 Å². The highest BCUT2D eigenvalue weighted by atomic mass is 32.2. The second kappa shape index (κ2) is 8.35. The standard InChI is InChI=1S/C22H30N2O3S/c1-14(2)20-10-8-9-17(5)21(20)23-22(25)18(6)24(28(7,26)27)19-12-15(3)11-16(4)13-19/h8-14,18H,1-7H3,(H,23,25). The molecule has 1 unspecified atom stereocenters. The average Bonchev–Trinajstić information content (AvgIpc) is 2.54. The van der Waals surface area contributed by atoms with E-state index in [1.54, 1.807) is 19.1 Å². The average molecular weight is 403 g/mol. The van der Waals surface area contributed by atoms with Gasteiger partial charge in [0.05, 0.1) is 11.9 Å². The van der Waals surface area contributed by atoms with Crippen molar-refractivity contribution < 1.29 is 13.2 Å². The summed E-state index contributed by atoms with van der Waals surface area (Å²) in [5.41, 5.74) is 5.11. The highest BCUT2D eigenvalue weighted by Crippen LogP contribution is 2.29. The van der Waals surface area contributed by atoms with E-state index in [0.717, 1.165) is 34.2 Å². The van der Waals surface area contributed by atoms with Crippen molar-refractivity contribution in [2.24, 2.45) is 0 Å². The minimum Gasteiger partial charge on any atom is -0.324 e. The van der Waals surface area contributed by atoms with Crippen molar-refractivity contribution >= 4 is 27.3 Å². The van der Waals surface area contributed by atoms with E-state index in [4.69, 9.17) is 0 Å². The fourth-order valence-corrected chi connectivity index (χ4v) is 4.62. The number of sulfonamides is 1. The van der Waals surface area contributed by atoms with Gasteiger partial charge >= 0.3 is 0 Å². The fraction of sp³-hybridized carbons (Fsp3) is 0.409. The molecule has 0 aliphatic carbocycles. The van der Waals surface area contributed by atoms with Crippen molar-refractivity contribution in [2.45, 2.75) is 53.5 Å². The Bertz CT molecular complexity index is 961. The Morgan fingerprint density at radius 1 is 1.00 bits per heavy atom. The molecule has 0 heterocycles. The molecule has 0 saturated heterocycles. The van der Waals surface area contributed by atoms with Crippen LogP contribution in [0.3, 0.4) is 0 Å². The van der Waals surface area contributed by atoms with Crippen LogP contribution in [0.15, 0.2) is 36.4 Å². The molecule has 0 aliphatic rings. The van der Waals surface area contributed by atoms with E-state index in [9.17, 15) is 13.2 Å². The number of amides is 1. The molecule has 0 bridgehead atoms. The summed E-state index contributed by atoms with van der Waals surface area (Å²) in [5.74, 6) is -0.128. The third kappa shape index (κ3) is 4.93. The first kappa shape index (κ1) is 22.0. The highest BCUT2D eigenvalue weighted by Gasteiger charge is 2.30. The summed E-state index contributed by atoms with van der Waals surface area (Å²) in [6.45, 7) is 11.5. The van der Waals surface area contributed by atoms with Crippen LogP contribution in [0.25, 0.3) is 0 Å². The van der Waals surface area contributed by atoms with E-state index in [-0.39, 0.29) is 11.8 Å². The molecular formula is C22H30N2O3S. The van der Waals surface area contributed by atoms with E-state index < -0.39 is 16.1 Å². The van der Waals surface area contributed by atoms with Crippen LogP contribution in [0.1, 0.15) is 48.9 Å². The highest BCUT2D eigenvalue weighted by molar-refractivity contribution is 7.92. The van der Waals surface area contributed by atoms with E-state index in [2.05, 4.69) is 19.2 Å². The topological polar surface area (TPSA) is 66.5 Å². The molecule has 28 heavy (non-hydrogen) atoms. The monoisotopic (exact) mass is 402 g/mol. The fourth-order valence-electron chi connectivity index (χ4n) is 3.46. The number of para-hydroxylation sites is 1. The summed E-state index contributed by atoms with van der Waals surface area (Å²) in [6, 6.07) is 10.5. The minimum absolute atomic E-state index is 0.232. The zero-order valence-corrected chi connectivity index (χ0v) is 18.5. The first-order chi connectivity index (χ1) is 12.9. The van der Waals surface area contributed by atoms with E-state index >= 15 is 0 Å². The third-order valence-electron chi connectivity index (χ3n) is 4.72. The van der Waals surface area contributed by atoms with Crippen LogP contribution in [0.5, 0.6) is 0 Å². The largest absolute Gasteiger partial charge is 0.324 e. The molecule has 0 aromatic heterocycles. The van der Waals surface area contributed by atoms with Gasteiger partial charge in [0.25, 0.3) is 0 Å². The van der Waals surface area contributed by atoms with Crippen molar-refractivity contribution in [3.63, 3.8) is 0 Å². The van der Waals surface area contributed by atoms with Gasteiger partial charge in [0.15, 0.2) is 0 Å². The number of carbonyl (C=O) groups is 1. The number of nitrogens with zero attached hydrogens (tertiary/aromatic N) is 1. The van der Waals surface area contributed by atoms with Crippen LogP contribution >= 0.6 is 0 Å². The Labute approximate surface area is 168 Å². The van der Waals surface area contributed by atoms with Gasteiger partial charge in [0.2, 0.25) is 15.9 Å². The maximum Gasteiger partial charge on any atom is 0.248 e. The molecule has 2 aromatic carbocycles. The molecule has 5 nitrogen and oxygen atoms in total. The predicted octanol–water partition coefficient (Wildman–Crippen LogP) is 4.53. The van der Waals surface area contributed by atoms with Crippen LogP contribution in [0, 0.1) is 20.8 Å². The van der Waals surface area contributed by atoms with Crippen LogP contribution in [0.2, 0.25) is 0 Å². The van der Waals surface area contributed by atoms with Crippen molar-refractivity contribution in [2.75, 3.05) is 15.9 Å². The number of benzene rings is 2. The minimum atomic E-state index is -3.65. The quantitative estimate of drug-likeness (QED) is 0.772. The first-order valence-corrected chi connectivity index (χ1v) is 11.2. The molecule has 152 valence electrons. The van der Waals surface area contributed by atoms with Gasteiger partial charge in [-0.3, -0.25) is 9.10 Å². The molecule has 0 radical (unpaired) electrons. The molecule has 0 aliphatic heterocycles. The summed E-state index contributed by atoms with van der Waals surface area (Å²) in [5, 5.41) is 2.97. The molecule has 1 N–H and O–H groups in total. The number of aryl methyl sites for hydroxylation is 3. The molecule has 1 amide bonds. The van der Waals surface area contributed by atoms with Crippen LogP contribution < -0.4 is 9.62 Å². The van der Waals surface area contributed by atoms with Gasteiger partial charge in [0, 0.05) is 5.69 Å². The zero-order valence-electron chi connectivity index (χ0n) is 17.7. The predicted molar refractivity (Wildman–Crippen MR) is 117 cm³/mol. The smallest absolute Gasteiger partial charge is 0.248 e. The number of carbonyl (C=O) groups excluding carboxylic acids is 1. The van der Waals surface area contributed by atoms with E-state index in [1.165, 1.54) is 4.31 Å². The Hall–Kier alpha value is -2.34. The molecule has 2 rings (SSSR count). The lowest BCUT2D eigenvalue weighted by molar-refractivity contribution is -0.116. The number of nitrogens with one attached hydrogen (secondary N) is 1. The Morgan fingerprint density at radius 2 is 1.57 bits per heavy atom. The van der Waals surface area contributed by atoms with Gasteiger partial charge in [-0.05, 0) is 68.0 Å². The van der Waals surface area contributed by atoms with E-state index in [0.29, 0.717) is 5.69 Å². The second-order valence-corrected chi connectivity index (χ2v) is 9.62. The summed E-state index contributed by atoms with van der Waals surface area (Å²) in [4.78, 5) is 13.1. The normalized spacial score (nSPS) is 12.7. The van der Waals surface area contributed by atoms with Gasteiger partial charge in [-0.2, -0.15) is 0 Å². The van der Waals surface area contributed by atoms with Crippen molar-refractivity contribution in [1.29, 1.82) is 0 Å². The maximum atomic E-state index is 13.1. The van der Waals surface area contributed by atoms with Crippen molar-refractivity contribution in [3.05, 3.63) is 58.7 Å². The van der Waals surface area contributed by atoms with Crippen molar-refractivity contribution in [3.8, 4) is 0 Å². The molecule has 0 spiro atoms. The van der Waals surface area contributed by atoms with Gasteiger partial charge in [-0.25, -0.2) is 8.42 Å². The summed E-state index contributed by atoms with van der Waals surface area (Å²) in [7, 11) is -3.65. The van der Waals surface area contributed by atoms with Crippen LogP contribution in [0.4, 0.5) is 11.4 Å². The number of hydrogen-bond acceptors (Lipinski definition) is 3. The molecule has 1 atom stereocenters. The third-order valence-corrected chi connectivity index (χ3v) is 5.97. The lowest BCUT2D eigenvalue weighted by Gasteiger charge is -2.29. The van der Waals surface area contributed by atoms with Gasteiger partial charge in [0.1, 0.15) is 6.04 Å². The zero-order chi connectivity index (χ0) is 21.2. The van der Waals surface area contributed by atoms with Gasteiger partial charge in [-0.1, -0.05) is 38.1 Å². The lowest BCUT2D eigenvalue weighted by Crippen LogP contribution is -2.45. The molecule has 2 aromatic rings. The summed E-state index contributed by atoms with van der Waals surface area (Å²) in [6.07, 6.45) is 1.13. The van der Waals surface area contributed by atoms with E-state index in [1.807, 2.05) is 45.0 Å². The molecule has 0 saturated carbocycles. The van der Waals surface area contributed by atoms with Gasteiger partial charge < -0.3 is 5.32 Å². The Balaban J connectivity index is 2.44. The Morgan fingerprint density at radius 3 is 2.07 bits per heavy atom. The molecular weight excluding hydrogens is 372 g/mol. The maximum absolute atomic E-state index is 13.1. The first-order valence-electron chi connectivity index (χ1n) is 9.40. The molecule has 0 fully saturated rings. The number of anilines is 2. The second-order valence-electron chi connectivity index (χ2n) is 7.76. The lowest BCUT2D eigenvalue weighted by atomic mass is 9.98. The Kier molecular flexibility index (Phi) is 6.55. The number of hydrogen-bond donors (Lipinski definition) is 1. The molecule has 6 heteroatoms.